The van der Waals surface area contributed by atoms with Crippen LogP contribution in [0.3, 0.4) is 0 Å². The molecule has 102 valence electrons. The summed E-state index contributed by atoms with van der Waals surface area (Å²) in [6, 6.07) is 4.62. The Bertz CT molecular complexity index is 524. The molecule has 0 spiro atoms. The third-order valence-electron chi connectivity index (χ3n) is 2.71. The van der Waals surface area contributed by atoms with Crippen LogP contribution in [0.2, 0.25) is 0 Å². The van der Waals surface area contributed by atoms with Gasteiger partial charge in [-0.25, -0.2) is 13.1 Å². The number of rotatable bonds is 5. The molecule has 4 N–H and O–H groups in total. The minimum Gasteiger partial charge on any atom is -0.398 e. The Balaban J connectivity index is 3.03. The number of benzene rings is 1. The van der Waals surface area contributed by atoms with Crippen LogP contribution in [0.4, 0.5) is 5.69 Å². The van der Waals surface area contributed by atoms with Crippen molar-refractivity contribution in [3.05, 3.63) is 23.8 Å². The maximum Gasteiger partial charge on any atom is 0.241 e. The molecule has 0 bridgehead atoms. The Labute approximate surface area is 108 Å². The quantitative estimate of drug-likeness (QED) is 0.698. The highest BCUT2D eigenvalue weighted by Gasteiger charge is 2.25. The third-order valence-corrected chi connectivity index (χ3v) is 4.40. The van der Waals surface area contributed by atoms with Gasteiger partial charge in [-0.05, 0) is 44.9 Å². The number of hydrogen-bond donors (Lipinski definition) is 3. The average Bonchev–Trinajstić information content (AvgIpc) is 2.20. The second kappa shape index (κ2) is 5.26. The summed E-state index contributed by atoms with van der Waals surface area (Å²) >= 11 is 0. The predicted molar refractivity (Wildman–Crippen MR) is 71.7 cm³/mol. The summed E-state index contributed by atoms with van der Waals surface area (Å²) < 4.78 is 26.8. The summed E-state index contributed by atoms with van der Waals surface area (Å²) in [5.41, 5.74) is 6.29. The van der Waals surface area contributed by atoms with Crippen molar-refractivity contribution in [1.29, 1.82) is 0 Å². The fourth-order valence-corrected chi connectivity index (χ4v) is 3.02. The highest BCUT2D eigenvalue weighted by molar-refractivity contribution is 7.89. The fourth-order valence-electron chi connectivity index (χ4n) is 1.54. The van der Waals surface area contributed by atoms with Gasteiger partial charge in [-0.15, -0.1) is 0 Å². The maximum atomic E-state index is 12.1. The molecule has 0 heterocycles. The molecule has 18 heavy (non-hydrogen) atoms. The van der Waals surface area contributed by atoms with E-state index in [9.17, 15) is 8.42 Å². The number of anilines is 1. The number of aryl methyl sites for hydroxylation is 1. The predicted octanol–water partition coefficient (Wildman–Crippen LogP) is 1.02. The first-order chi connectivity index (χ1) is 8.18. The van der Waals surface area contributed by atoms with Gasteiger partial charge < -0.3 is 10.8 Å². The number of nitrogens with two attached hydrogens (primary N) is 1. The largest absolute Gasteiger partial charge is 0.398 e. The van der Waals surface area contributed by atoms with Crippen LogP contribution in [0.1, 0.15) is 25.8 Å². The third kappa shape index (κ3) is 3.69. The van der Waals surface area contributed by atoms with Gasteiger partial charge in [0.25, 0.3) is 0 Å². The summed E-state index contributed by atoms with van der Waals surface area (Å²) in [4.78, 5) is 0.136. The molecule has 0 aromatic heterocycles. The maximum absolute atomic E-state index is 12.1. The van der Waals surface area contributed by atoms with Gasteiger partial charge in [0.1, 0.15) is 0 Å². The lowest BCUT2D eigenvalue weighted by Crippen LogP contribution is -2.43. The first kappa shape index (κ1) is 14.9. The van der Waals surface area contributed by atoms with Crippen molar-refractivity contribution in [1.82, 2.24) is 4.72 Å². The van der Waals surface area contributed by atoms with Gasteiger partial charge in [-0.2, -0.15) is 0 Å². The highest BCUT2D eigenvalue weighted by atomic mass is 32.2. The Morgan fingerprint density at radius 3 is 2.50 bits per heavy atom. The molecule has 0 aliphatic rings. The van der Waals surface area contributed by atoms with E-state index >= 15 is 0 Å². The molecular weight excluding hydrogens is 252 g/mol. The summed E-state index contributed by atoms with van der Waals surface area (Å²) in [6.45, 7) is 5.18. The molecule has 0 radical (unpaired) electrons. The molecule has 0 fully saturated rings. The van der Waals surface area contributed by atoms with Crippen molar-refractivity contribution in [3.8, 4) is 0 Å². The fraction of sp³-hybridized carbons (Fsp3) is 0.500. The van der Waals surface area contributed by atoms with Gasteiger partial charge in [0, 0.05) is 17.8 Å². The lowest BCUT2D eigenvalue weighted by molar-refractivity contribution is 0.246. The Morgan fingerprint density at radius 1 is 1.39 bits per heavy atom. The molecule has 0 atom stereocenters. The number of nitrogens with one attached hydrogen (secondary N) is 1. The highest BCUT2D eigenvalue weighted by Crippen LogP contribution is 2.19. The molecule has 0 aliphatic heterocycles. The van der Waals surface area contributed by atoms with Crippen molar-refractivity contribution in [3.63, 3.8) is 0 Å². The van der Waals surface area contributed by atoms with E-state index in [0.717, 1.165) is 5.56 Å². The van der Waals surface area contributed by atoms with Crippen molar-refractivity contribution in [2.24, 2.45) is 0 Å². The van der Waals surface area contributed by atoms with Gasteiger partial charge >= 0.3 is 0 Å². The van der Waals surface area contributed by atoms with Gasteiger partial charge in [-0.3, -0.25) is 0 Å². The minimum atomic E-state index is -3.62. The van der Waals surface area contributed by atoms with E-state index in [0.29, 0.717) is 12.1 Å². The minimum absolute atomic E-state index is 0.0778. The van der Waals surface area contributed by atoms with Crippen molar-refractivity contribution < 1.29 is 13.5 Å². The monoisotopic (exact) mass is 272 g/mol. The van der Waals surface area contributed by atoms with Crippen LogP contribution in [-0.4, -0.2) is 25.7 Å². The molecule has 1 aromatic carbocycles. The van der Waals surface area contributed by atoms with Crippen LogP contribution in [0, 0.1) is 6.92 Å². The topological polar surface area (TPSA) is 92.4 Å². The zero-order chi connectivity index (χ0) is 14.0. The van der Waals surface area contributed by atoms with Crippen molar-refractivity contribution >= 4 is 15.7 Å². The molecular formula is C12H20N2O3S. The number of aliphatic hydroxyl groups is 1. The standard InChI is InChI=1S/C12H20N2O3S/c1-9-4-5-10(8-11(9)13)18(16,17)14-12(2,3)6-7-15/h4-5,8,14-15H,6-7,13H2,1-3H3. The lowest BCUT2D eigenvalue weighted by atomic mass is 10.0. The Hall–Kier alpha value is -1.11. The van der Waals surface area contributed by atoms with Crippen LogP contribution in [0.5, 0.6) is 0 Å². The SMILES string of the molecule is Cc1ccc(S(=O)(=O)NC(C)(C)CCO)cc1N. The van der Waals surface area contributed by atoms with Crippen LogP contribution in [0.15, 0.2) is 23.1 Å². The van der Waals surface area contributed by atoms with E-state index in [2.05, 4.69) is 4.72 Å². The van der Waals surface area contributed by atoms with E-state index in [1.165, 1.54) is 12.1 Å². The first-order valence-electron chi connectivity index (χ1n) is 5.69. The number of nitrogen functional groups attached to an aromatic ring is 1. The second-order valence-electron chi connectivity index (χ2n) is 4.98. The molecule has 6 heteroatoms. The van der Waals surface area contributed by atoms with Crippen molar-refractivity contribution in [2.75, 3.05) is 12.3 Å². The van der Waals surface area contributed by atoms with E-state index in [1.54, 1.807) is 19.9 Å². The summed E-state index contributed by atoms with van der Waals surface area (Å²) in [6.07, 6.45) is 0.341. The Kier molecular flexibility index (Phi) is 4.37. The van der Waals surface area contributed by atoms with Gasteiger partial charge in [0.2, 0.25) is 10.0 Å². The van der Waals surface area contributed by atoms with E-state index in [4.69, 9.17) is 10.8 Å². The summed E-state index contributed by atoms with van der Waals surface area (Å²) in [5, 5.41) is 8.89. The average molecular weight is 272 g/mol. The molecule has 0 saturated carbocycles. The molecule has 0 aliphatic carbocycles. The van der Waals surface area contributed by atoms with E-state index in [1.807, 2.05) is 6.92 Å². The molecule has 5 nitrogen and oxygen atoms in total. The molecule has 0 unspecified atom stereocenters. The van der Waals surface area contributed by atoms with Gasteiger partial charge in [0.15, 0.2) is 0 Å². The molecule has 0 amide bonds. The number of aliphatic hydroxyl groups excluding tert-OH is 1. The molecule has 0 saturated heterocycles. The van der Waals surface area contributed by atoms with E-state index < -0.39 is 15.6 Å². The Morgan fingerprint density at radius 2 is 2.00 bits per heavy atom. The van der Waals surface area contributed by atoms with Crippen molar-refractivity contribution in [2.45, 2.75) is 37.6 Å². The summed E-state index contributed by atoms with van der Waals surface area (Å²) in [7, 11) is -3.62. The first-order valence-corrected chi connectivity index (χ1v) is 7.17. The van der Waals surface area contributed by atoms with Gasteiger partial charge in [-0.1, -0.05) is 6.07 Å². The zero-order valence-electron chi connectivity index (χ0n) is 10.9. The number of sulfonamides is 1. The van der Waals surface area contributed by atoms with Crippen LogP contribution >= 0.6 is 0 Å². The zero-order valence-corrected chi connectivity index (χ0v) is 11.7. The van der Waals surface area contributed by atoms with E-state index in [-0.39, 0.29) is 11.5 Å². The molecule has 1 rings (SSSR count). The van der Waals surface area contributed by atoms with Gasteiger partial charge in [0.05, 0.1) is 4.90 Å². The normalized spacial score (nSPS) is 12.7. The number of hydrogen-bond acceptors (Lipinski definition) is 4. The lowest BCUT2D eigenvalue weighted by Gasteiger charge is -2.25. The van der Waals surface area contributed by atoms with Crippen LogP contribution in [-0.2, 0) is 10.0 Å². The second-order valence-corrected chi connectivity index (χ2v) is 6.66. The van der Waals surface area contributed by atoms with Crippen LogP contribution < -0.4 is 10.5 Å². The van der Waals surface area contributed by atoms with Crippen LogP contribution in [0.25, 0.3) is 0 Å². The summed E-state index contributed by atoms with van der Waals surface area (Å²) in [5.74, 6) is 0. The smallest absolute Gasteiger partial charge is 0.241 e. The molecule has 1 aromatic rings.